The molecule has 1 rings (SSSR count). The van der Waals surface area contributed by atoms with E-state index in [-0.39, 0.29) is 6.42 Å². The minimum atomic E-state index is -0.799. The van der Waals surface area contributed by atoms with Crippen molar-refractivity contribution in [3.63, 3.8) is 0 Å². The monoisotopic (exact) mass is 276 g/mol. The maximum atomic E-state index is 10.7. The summed E-state index contributed by atoms with van der Waals surface area (Å²) in [7, 11) is 1.63. The van der Waals surface area contributed by atoms with E-state index in [1.54, 1.807) is 7.11 Å². The first-order chi connectivity index (χ1) is 9.18. The highest BCUT2D eigenvalue weighted by atomic mass is 16.6. The van der Waals surface area contributed by atoms with Crippen LogP contribution in [0.1, 0.15) is 25.7 Å². The van der Waals surface area contributed by atoms with Crippen LogP contribution < -0.4 is 0 Å². The molecule has 1 aliphatic rings. The second-order valence-electron chi connectivity index (χ2n) is 4.67. The van der Waals surface area contributed by atoms with Crippen LogP contribution in [-0.2, 0) is 23.7 Å². The SMILES string of the molecule is COCCOCCOCCOC1(CC(=O)O)CCC1. The highest BCUT2D eigenvalue weighted by molar-refractivity contribution is 5.68. The van der Waals surface area contributed by atoms with Gasteiger partial charge in [-0.15, -0.1) is 0 Å². The number of methoxy groups -OCH3 is 1. The van der Waals surface area contributed by atoms with Gasteiger partial charge in [-0.3, -0.25) is 4.79 Å². The maximum absolute atomic E-state index is 10.7. The lowest BCUT2D eigenvalue weighted by Gasteiger charge is -2.40. The zero-order valence-corrected chi connectivity index (χ0v) is 11.6. The maximum Gasteiger partial charge on any atom is 0.306 e. The molecule has 0 aromatic rings. The molecular formula is C13H24O6. The molecule has 0 aliphatic heterocycles. The minimum absolute atomic E-state index is 0.0904. The largest absolute Gasteiger partial charge is 0.481 e. The number of carbonyl (C=O) groups is 1. The van der Waals surface area contributed by atoms with Crippen LogP contribution in [0.25, 0.3) is 0 Å². The van der Waals surface area contributed by atoms with Crippen LogP contribution >= 0.6 is 0 Å². The number of carboxylic acid groups (broad SMARTS) is 1. The fourth-order valence-electron chi connectivity index (χ4n) is 2.00. The van der Waals surface area contributed by atoms with Gasteiger partial charge in [-0.2, -0.15) is 0 Å². The van der Waals surface area contributed by atoms with Crippen molar-refractivity contribution >= 4 is 5.97 Å². The molecule has 0 atom stereocenters. The predicted octanol–water partition coefficient (Wildman–Crippen LogP) is 1.08. The molecule has 0 unspecified atom stereocenters. The van der Waals surface area contributed by atoms with E-state index < -0.39 is 11.6 Å². The normalized spacial score (nSPS) is 17.1. The molecule has 0 amide bonds. The molecule has 112 valence electrons. The first-order valence-electron chi connectivity index (χ1n) is 6.69. The topological polar surface area (TPSA) is 74.2 Å². The molecule has 0 aromatic carbocycles. The van der Waals surface area contributed by atoms with E-state index in [4.69, 9.17) is 24.1 Å². The van der Waals surface area contributed by atoms with Crippen LogP contribution in [0.3, 0.4) is 0 Å². The van der Waals surface area contributed by atoms with Crippen LogP contribution in [-0.4, -0.2) is 63.4 Å². The van der Waals surface area contributed by atoms with Crippen LogP contribution in [0, 0.1) is 0 Å². The van der Waals surface area contributed by atoms with Gasteiger partial charge in [0.25, 0.3) is 0 Å². The van der Waals surface area contributed by atoms with Gasteiger partial charge in [0.05, 0.1) is 51.7 Å². The fourth-order valence-corrected chi connectivity index (χ4v) is 2.00. The van der Waals surface area contributed by atoms with Crippen molar-refractivity contribution in [3.05, 3.63) is 0 Å². The number of carboxylic acids is 1. The average molecular weight is 276 g/mol. The summed E-state index contributed by atoms with van der Waals surface area (Å²) < 4.78 is 21.1. The summed E-state index contributed by atoms with van der Waals surface area (Å²) in [5.74, 6) is -0.799. The Morgan fingerprint density at radius 2 is 1.63 bits per heavy atom. The van der Waals surface area contributed by atoms with Gasteiger partial charge >= 0.3 is 5.97 Å². The Hall–Kier alpha value is -0.690. The lowest BCUT2D eigenvalue weighted by Crippen LogP contribution is -2.42. The lowest BCUT2D eigenvalue weighted by molar-refractivity contribution is -0.157. The van der Waals surface area contributed by atoms with Crippen molar-refractivity contribution in [1.29, 1.82) is 0 Å². The molecule has 1 aliphatic carbocycles. The standard InChI is InChI=1S/C13H24O6/c1-16-5-6-17-7-8-18-9-10-19-13(3-2-4-13)11-12(14)15/h2-11H2,1H3,(H,14,15). The first kappa shape index (κ1) is 16.4. The van der Waals surface area contributed by atoms with Gasteiger partial charge in [0.1, 0.15) is 0 Å². The number of aliphatic carboxylic acids is 1. The minimum Gasteiger partial charge on any atom is -0.481 e. The van der Waals surface area contributed by atoms with Crippen molar-refractivity contribution in [2.24, 2.45) is 0 Å². The van der Waals surface area contributed by atoms with Crippen molar-refractivity contribution in [2.75, 3.05) is 46.8 Å². The van der Waals surface area contributed by atoms with Crippen molar-refractivity contribution in [1.82, 2.24) is 0 Å². The zero-order chi connectivity index (χ0) is 14.0. The number of rotatable bonds is 12. The summed E-state index contributed by atoms with van der Waals surface area (Å²) in [4.78, 5) is 10.7. The Morgan fingerprint density at radius 3 is 2.11 bits per heavy atom. The Kier molecular flexibility index (Phi) is 7.97. The average Bonchev–Trinajstić information content (AvgIpc) is 2.33. The van der Waals surface area contributed by atoms with Gasteiger partial charge in [0.15, 0.2) is 0 Å². The molecule has 0 bridgehead atoms. The lowest BCUT2D eigenvalue weighted by atomic mass is 9.77. The highest BCUT2D eigenvalue weighted by Crippen LogP contribution is 2.38. The summed E-state index contributed by atoms with van der Waals surface area (Å²) in [6, 6.07) is 0. The Labute approximate surface area is 114 Å². The van der Waals surface area contributed by atoms with Crippen molar-refractivity contribution in [3.8, 4) is 0 Å². The van der Waals surface area contributed by atoms with E-state index in [1.165, 1.54) is 0 Å². The number of ether oxygens (including phenoxy) is 4. The Bertz CT molecular complexity index is 252. The predicted molar refractivity (Wildman–Crippen MR) is 68.3 cm³/mol. The molecule has 19 heavy (non-hydrogen) atoms. The molecule has 0 aromatic heterocycles. The Morgan fingerprint density at radius 1 is 1.05 bits per heavy atom. The second-order valence-corrected chi connectivity index (χ2v) is 4.67. The summed E-state index contributed by atoms with van der Waals surface area (Å²) in [6.07, 6.45) is 2.80. The third-order valence-corrected chi connectivity index (χ3v) is 3.18. The van der Waals surface area contributed by atoms with Gasteiger partial charge in [0, 0.05) is 7.11 Å². The van der Waals surface area contributed by atoms with Gasteiger partial charge in [0.2, 0.25) is 0 Å². The molecular weight excluding hydrogens is 252 g/mol. The number of hydrogen-bond acceptors (Lipinski definition) is 5. The van der Waals surface area contributed by atoms with E-state index in [9.17, 15) is 4.79 Å². The van der Waals surface area contributed by atoms with Crippen LogP contribution in [0.5, 0.6) is 0 Å². The third kappa shape index (κ3) is 6.87. The smallest absolute Gasteiger partial charge is 0.306 e. The first-order valence-corrected chi connectivity index (χ1v) is 6.69. The van der Waals surface area contributed by atoms with Crippen molar-refractivity contribution < 1.29 is 28.8 Å². The van der Waals surface area contributed by atoms with Gasteiger partial charge < -0.3 is 24.1 Å². The number of hydrogen-bond donors (Lipinski definition) is 1. The molecule has 0 spiro atoms. The van der Waals surface area contributed by atoms with E-state index in [0.717, 1.165) is 19.3 Å². The quantitative estimate of drug-likeness (QED) is 0.538. The molecule has 0 radical (unpaired) electrons. The van der Waals surface area contributed by atoms with Gasteiger partial charge in [-0.1, -0.05) is 0 Å². The summed E-state index contributed by atoms with van der Waals surface area (Å²) in [5.41, 5.74) is -0.440. The van der Waals surface area contributed by atoms with E-state index in [1.807, 2.05) is 0 Å². The van der Waals surface area contributed by atoms with Crippen molar-refractivity contribution in [2.45, 2.75) is 31.3 Å². The van der Waals surface area contributed by atoms with Gasteiger partial charge in [-0.25, -0.2) is 0 Å². The molecule has 0 heterocycles. The van der Waals surface area contributed by atoms with Crippen LogP contribution in [0.2, 0.25) is 0 Å². The van der Waals surface area contributed by atoms with Gasteiger partial charge in [-0.05, 0) is 19.3 Å². The van der Waals surface area contributed by atoms with E-state index in [2.05, 4.69) is 0 Å². The molecule has 6 nitrogen and oxygen atoms in total. The molecule has 1 N–H and O–H groups in total. The third-order valence-electron chi connectivity index (χ3n) is 3.18. The molecule has 6 heteroatoms. The van der Waals surface area contributed by atoms with Crippen LogP contribution in [0.4, 0.5) is 0 Å². The fraction of sp³-hybridized carbons (Fsp3) is 0.923. The zero-order valence-electron chi connectivity index (χ0n) is 11.6. The highest BCUT2D eigenvalue weighted by Gasteiger charge is 2.39. The van der Waals surface area contributed by atoms with E-state index >= 15 is 0 Å². The molecule has 1 saturated carbocycles. The summed E-state index contributed by atoms with van der Waals surface area (Å²) >= 11 is 0. The summed E-state index contributed by atoms with van der Waals surface area (Å²) in [6.45, 7) is 3.10. The second kappa shape index (κ2) is 9.25. The van der Waals surface area contributed by atoms with Crippen LogP contribution in [0.15, 0.2) is 0 Å². The molecule has 0 saturated heterocycles. The van der Waals surface area contributed by atoms with E-state index in [0.29, 0.717) is 39.6 Å². The Balaban J connectivity index is 1.93. The molecule has 1 fully saturated rings. The summed E-state index contributed by atoms with van der Waals surface area (Å²) in [5, 5.41) is 8.82.